The average molecular weight is 499 g/mol. The van der Waals surface area contributed by atoms with E-state index in [-0.39, 0.29) is 16.6 Å². The van der Waals surface area contributed by atoms with Crippen LogP contribution in [0.4, 0.5) is 5.69 Å². The van der Waals surface area contributed by atoms with E-state index >= 15 is 0 Å². The molecule has 0 unspecified atom stereocenters. The highest BCUT2D eigenvalue weighted by Crippen LogP contribution is 2.26. The first-order valence-electron chi connectivity index (χ1n) is 11.5. The third-order valence-corrected chi connectivity index (χ3v) is 8.72. The van der Waals surface area contributed by atoms with Crippen LogP contribution in [0.25, 0.3) is 0 Å². The summed E-state index contributed by atoms with van der Waals surface area (Å²) in [4.78, 5) is 20.8. The molecule has 1 aliphatic rings. The summed E-state index contributed by atoms with van der Waals surface area (Å²) in [7, 11) is -3.56. The minimum atomic E-state index is -3.56. The average Bonchev–Trinajstić information content (AvgIpc) is 3.19. The van der Waals surface area contributed by atoms with E-state index in [1.54, 1.807) is 18.2 Å². The number of aromatic amines is 1. The number of thioether (sulfide) groups is 1. The van der Waals surface area contributed by atoms with Crippen molar-refractivity contribution in [3.63, 3.8) is 0 Å². The van der Waals surface area contributed by atoms with Gasteiger partial charge in [-0.05, 0) is 49.9 Å². The molecule has 180 valence electrons. The Labute approximate surface area is 205 Å². The molecule has 9 heteroatoms. The smallest absolute Gasteiger partial charge is 0.243 e. The van der Waals surface area contributed by atoms with Gasteiger partial charge in [-0.3, -0.25) is 4.79 Å². The van der Waals surface area contributed by atoms with Gasteiger partial charge in [-0.15, -0.1) is 0 Å². The second-order valence-corrected chi connectivity index (χ2v) is 11.5. The summed E-state index contributed by atoms with van der Waals surface area (Å²) in [5.74, 6) is -0.0421. The van der Waals surface area contributed by atoms with E-state index in [4.69, 9.17) is 0 Å². The molecule has 3 aromatic rings. The molecular weight excluding hydrogens is 468 g/mol. The lowest BCUT2D eigenvalue weighted by Gasteiger charge is -2.26. The predicted octanol–water partition coefficient (Wildman–Crippen LogP) is 4.52. The number of aryl methyl sites for hydroxylation is 2. The first-order chi connectivity index (χ1) is 16.3. The number of hydrogen-bond donors (Lipinski definition) is 2. The first-order valence-corrected chi connectivity index (χ1v) is 13.9. The SMILES string of the molecule is Cc1ccc(S(=O)(=O)N2CCCCC2)cc1NC(=O)CSc1nc(Cc2ccccc2)c(C)[nH]1. The molecule has 0 spiro atoms. The molecule has 4 rings (SSSR count). The number of carbonyl (C=O) groups is 1. The standard InChI is InChI=1S/C25H30N4O3S2/c1-18-11-12-21(34(31,32)29-13-7-4-8-14-29)16-22(18)27-24(30)17-33-25-26-19(2)23(28-25)15-20-9-5-3-6-10-20/h3,5-6,9-12,16H,4,7-8,13-15,17H2,1-2H3,(H,26,28)(H,27,30). The number of nitrogens with zero attached hydrogens (tertiary/aromatic N) is 2. The maximum atomic E-state index is 13.0. The van der Waals surface area contributed by atoms with Gasteiger partial charge in [0.1, 0.15) is 0 Å². The van der Waals surface area contributed by atoms with E-state index in [9.17, 15) is 13.2 Å². The molecule has 0 saturated carbocycles. The Bertz CT molecular complexity index is 1250. The van der Waals surface area contributed by atoms with Crippen molar-refractivity contribution in [2.24, 2.45) is 0 Å². The number of sulfonamides is 1. The van der Waals surface area contributed by atoms with Gasteiger partial charge in [0, 0.05) is 30.9 Å². The Morgan fingerprint density at radius 3 is 2.56 bits per heavy atom. The number of rotatable bonds is 8. The highest BCUT2D eigenvalue weighted by atomic mass is 32.2. The molecule has 1 aliphatic heterocycles. The minimum Gasteiger partial charge on any atom is -0.337 e. The van der Waals surface area contributed by atoms with Crippen LogP contribution in [0.5, 0.6) is 0 Å². The van der Waals surface area contributed by atoms with Crippen LogP contribution >= 0.6 is 11.8 Å². The Kier molecular flexibility index (Phi) is 7.75. The van der Waals surface area contributed by atoms with Crippen LogP contribution in [-0.4, -0.2) is 47.4 Å². The fourth-order valence-electron chi connectivity index (χ4n) is 3.97. The molecule has 0 radical (unpaired) electrons. The molecule has 0 atom stereocenters. The van der Waals surface area contributed by atoms with Crippen molar-refractivity contribution in [2.75, 3.05) is 24.2 Å². The second kappa shape index (κ2) is 10.8. The summed E-state index contributed by atoms with van der Waals surface area (Å²) in [6.07, 6.45) is 3.55. The predicted molar refractivity (Wildman–Crippen MR) is 136 cm³/mol. The number of hydrogen-bond acceptors (Lipinski definition) is 5. The lowest BCUT2D eigenvalue weighted by Crippen LogP contribution is -2.35. The molecule has 1 saturated heterocycles. The Morgan fingerprint density at radius 1 is 1.09 bits per heavy atom. The summed E-state index contributed by atoms with van der Waals surface area (Å²) < 4.78 is 27.6. The van der Waals surface area contributed by atoms with Crippen LogP contribution in [0.15, 0.2) is 58.6 Å². The van der Waals surface area contributed by atoms with Gasteiger partial charge in [0.25, 0.3) is 0 Å². The monoisotopic (exact) mass is 498 g/mol. The van der Waals surface area contributed by atoms with Gasteiger partial charge in [-0.25, -0.2) is 13.4 Å². The van der Waals surface area contributed by atoms with E-state index in [0.29, 0.717) is 23.9 Å². The first kappa shape index (κ1) is 24.5. The Hall–Kier alpha value is -2.62. The van der Waals surface area contributed by atoms with Crippen LogP contribution in [0, 0.1) is 13.8 Å². The fourth-order valence-corrected chi connectivity index (χ4v) is 6.25. The summed E-state index contributed by atoms with van der Waals surface area (Å²) in [5, 5.41) is 3.56. The Morgan fingerprint density at radius 2 is 1.82 bits per heavy atom. The molecule has 1 aromatic heterocycles. The van der Waals surface area contributed by atoms with Gasteiger partial charge in [0.2, 0.25) is 15.9 Å². The van der Waals surface area contributed by atoms with E-state index in [2.05, 4.69) is 27.4 Å². The summed E-state index contributed by atoms with van der Waals surface area (Å²) in [6, 6.07) is 15.1. The third-order valence-electron chi connectivity index (χ3n) is 5.95. The molecule has 0 bridgehead atoms. The summed E-state index contributed by atoms with van der Waals surface area (Å²) in [6.45, 7) is 4.92. The van der Waals surface area contributed by atoms with Gasteiger partial charge in [0.15, 0.2) is 5.16 Å². The minimum absolute atomic E-state index is 0.167. The maximum absolute atomic E-state index is 13.0. The highest BCUT2D eigenvalue weighted by Gasteiger charge is 2.26. The molecular formula is C25H30N4O3S2. The number of aromatic nitrogens is 2. The zero-order chi connectivity index (χ0) is 24.1. The normalized spacial score (nSPS) is 14.8. The number of H-pyrrole nitrogens is 1. The molecule has 2 aromatic carbocycles. The summed E-state index contributed by atoms with van der Waals surface area (Å²) >= 11 is 1.33. The van der Waals surface area contributed by atoms with E-state index in [1.807, 2.05) is 32.0 Å². The molecule has 1 fully saturated rings. The zero-order valence-corrected chi connectivity index (χ0v) is 21.1. The van der Waals surface area contributed by atoms with Gasteiger partial charge in [0.05, 0.1) is 16.3 Å². The largest absolute Gasteiger partial charge is 0.337 e. The van der Waals surface area contributed by atoms with E-state index in [0.717, 1.165) is 42.6 Å². The number of amides is 1. The lowest BCUT2D eigenvalue weighted by molar-refractivity contribution is -0.113. The molecule has 34 heavy (non-hydrogen) atoms. The molecule has 1 amide bonds. The summed E-state index contributed by atoms with van der Waals surface area (Å²) in [5.41, 5.74) is 4.46. The quantitative estimate of drug-likeness (QED) is 0.445. The van der Waals surface area contributed by atoms with Crippen LogP contribution in [0.2, 0.25) is 0 Å². The van der Waals surface area contributed by atoms with E-state index < -0.39 is 10.0 Å². The molecule has 7 nitrogen and oxygen atoms in total. The van der Waals surface area contributed by atoms with Crippen LogP contribution in [-0.2, 0) is 21.2 Å². The topological polar surface area (TPSA) is 95.2 Å². The van der Waals surface area contributed by atoms with Crippen LogP contribution < -0.4 is 5.32 Å². The van der Waals surface area contributed by atoms with Crippen molar-refractivity contribution in [3.05, 3.63) is 71.0 Å². The Balaban J connectivity index is 1.39. The number of anilines is 1. The van der Waals surface area contributed by atoms with Gasteiger partial charge in [-0.1, -0.05) is 54.6 Å². The second-order valence-electron chi connectivity index (χ2n) is 8.55. The van der Waals surface area contributed by atoms with Gasteiger partial charge < -0.3 is 10.3 Å². The van der Waals surface area contributed by atoms with Crippen molar-refractivity contribution in [3.8, 4) is 0 Å². The van der Waals surface area contributed by atoms with Crippen LogP contribution in [0.1, 0.15) is 41.8 Å². The molecule has 2 N–H and O–H groups in total. The maximum Gasteiger partial charge on any atom is 0.243 e. The number of benzene rings is 2. The third kappa shape index (κ3) is 5.89. The van der Waals surface area contributed by atoms with Gasteiger partial charge in [-0.2, -0.15) is 4.31 Å². The van der Waals surface area contributed by atoms with E-state index in [1.165, 1.54) is 21.6 Å². The van der Waals surface area contributed by atoms with Crippen molar-refractivity contribution in [1.29, 1.82) is 0 Å². The fraction of sp³-hybridized carbons (Fsp3) is 0.360. The van der Waals surface area contributed by atoms with Crippen molar-refractivity contribution >= 4 is 33.4 Å². The number of nitrogens with one attached hydrogen (secondary N) is 2. The number of carbonyl (C=O) groups excluding carboxylic acids is 1. The lowest BCUT2D eigenvalue weighted by atomic mass is 10.1. The number of imidazole rings is 1. The van der Waals surface area contributed by atoms with Gasteiger partial charge >= 0.3 is 0 Å². The van der Waals surface area contributed by atoms with Crippen molar-refractivity contribution in [2.45, 2.75) is 49.6 Å². The number of piperidine rings is 1. The zero-order valence-electron chi connectivity index (χ0n) is 19.5. The van der Waals surface area contributed by atoms with Crippen molar-refractivity contribution < 1.29 is 13.2 Å². The van der Waals surface area contributed by atoms with Crippen molar-refractivity contribution in [1.82, 2.24) is 14.3 Å². The molecule has 0 aliphatic carbocycles. The highest BCUT2D eigenvalue weighted by molar-refractivity contribution is 7.99. The van der Waals surface area contributed by atoms with Crippen LogP contribution in [0.3, 0.4) is 0 Å². The molecule has 2 heterocycles.